The van der Waals surface area contributed by atoms with Crippen LogP contribution < -0.4 is 5.32 Å². The molecule has 3 aliphatic heterocycles. The van der Waals surface area contributed by atoms with Crippen LogP contribution in [0.15, 0.2) is 0 Å². The molecule has 106 valence electrons. The third-order valence-electron chi connectivity index (χ3n) is 4.38. The molecule has 3 aliphatic rings. The Morgan fingerprint density at radius 1 is 1.42 bits per heavy atom. The highest BCUT2D eigenvalue weighted by Gasteiger charge is 2.43. The van der Waals surface area contributed by atoms with Crippen molar-refractivity contribution < 1.29 is 19.1 Å². The number of piperidine rings is 1. The molecule has 0 saturated carbocycles. The molecule has 2 amide bonds. The Bertz CT molecular complexity index is 371. The van der Waals surface area contributed by atoms with Crippen LogP contribution in [-0.2, 0) is 14.3 Å². The molecule has 0 aromatic rings. The second-order valence-corrected chi connectivity index (χ2v) is 5.74. The zero-order valence-corrected chi connectivity index (χ0v) is 11.0. The smallest absolute Gasteiger partial charge is 0.407 e. The number of alkyl carbamates (subject to hydrolysis) is 1. The van der Waals surface area contributed by atoms with Gasteiger partial charge in [-0.2, -0.15) is 0 Å². The van der Waals surface area contributed by atoms with Crippen LogP contribution in [0.5, 0.6) is 0 Å². The average molecular weight is 268 g/mol. The van der Waals surface area contributed by atoms with Gasteiger partial charge in [0.2, 0.25) is 5.91 Å². The molecule has 6 heteroatoms. The van der Waals surface area contributed by atoms with Gasteiger partial charge in [0.25, 0.3) is 0 Å². The highest BCUT2D eigenvalue weighted by Crippen LogP contribution is 2.30. The Morgan fingerprint density at radius 2 is 2.21 bits per heavy atom. The van der Waals surface area contributed by atoms with E-state index < -0.39 is 0 Å². The van der Waals surface area contributed by atoms with Crippen LogP contribution in [0.3, 0.4) is 0 Å². The minimum atomic E-state index is -0.371. The molecule has 1 atom stereocenters. The number of carbonyl (C=O) groups excluding carboxylic acids is 2. The molecule has 3 saturated heterocycles. The fourth-order valence-electron chi connectivity index (χ4n) is 3.06. The quantitative estimate of drug-likeness (QED) is 0.792. The van der Waals surface area contributed by atoms with Crippen molar-refractivity contribution in [2.45, 2.75) is 31.3 Å². The van der Waals surface area contributed by atoms with Crippen LogP contribution in [0.2, 0.25) is 0 Å². The Hall–Kier alpha value is -1.30. The van der Waals surface area contributed by atoms with Gasteiger partial charge in [-0.25, -0.2) is 4.79 Å². The van der Waals surface area contributed by atoms with E-state index in [1.54, 1.807) is 0 Å². The van der Waals surface area contributed by atoms with Crippen LogP contribution in [0, 0.1) is 5.92 Å². The van der Waals surface area contributed by atoms with Crippen LogP contribution in [-0.4, -0.2) is 55.3 Å². The molecule has 0 aliphatic carbocycles. The number of nitrogens with zero attached hydrogens (tertiary/aromatic N) is 1. The summed E-state index contributed by atoms with van der Waals surface area (Å²) < 4.78 is 10.6. The van der Waals surface area contributed by atoms with E-state index >= 15 is 0 Å². The van der Waals surface area contributed by atoms with Gasteiger partial charge in [-0.15, -0.1) is 0 Å². The van der Waals surface area contributed by atoms with Crippen LogP contribution in [0.25, 0.3) is 0 Å². The Labute approximate surface area is 112 Å². The largest absolute Gasteiger partial charge is 0.441 e. The first kappa shape index (κ1) is 12.7. The number of ether oxygens (including phenoxy) is 2. The topological polar surface area (TPSA) is 67.9 Å². The van der Waals surface area contributed by atoms with E-state index in [4.69, 9.17) is 9.47 Å². The summed E-state index contributed by atoms with van der Waals surface area (Å²) in [6, 6.07) is 0. The fourth-order valence-corrected chi connectivity index (χ4v) is 3.06. The third kappa shape index (κ3) is 2.68. The maximum Gasteiger partial charge on any atom is 0.407 e. The van der Waals surface area contributed by atoms with Gasteiger partial charge < -0.3 is 19.7 Å². The van der Waals surface area contributed by atoms with Crippen molar-refractivity contribution in [3.05, 3.63) is 0 Å². The van der Waals surface area contributed by atoms with Crippen LogP contribution in [0.4, 0.5) is 4.79 Å². The zero-order chi connectivity index (χ0) is 13.3. The van der Waals surface area contributed by atoms with Crippen LogP contribution in [0.1, 0.15) is 25.7 Å². The summed E-state index contributed by atoms with van der Waals surface area (Å²) in [6.07, 6.45) is 2.72. The van der Waals surface area contributed by atoms with Crippen molar-refractivity contribution >= 4 is 12.0 Å². The lowest BCUT2D eigenvalue weighted by atomic mass is 9.91. The second kappa shape index (κ2) is 5.00. The number of rotatable bonds is 2. The lowest BCUT2D eigenvalue weighted by Gasteiger charge is -2.37. The van der Waals surface area contributed by atoms with E-state index in [1.165, 1.54) is 0 Å². The van der Waals surface area contributed by atoms with Gasteiger partial charge in [0.05, 0.1) is 6.54 Å². The van der Waals surface area contributed by atoms with Crippen LogP contribution >= 0.6 is 0 Å². The molecule has 0 aromatic carbocycles. The summed E-state index contributed by atoms with van der Waals surface area (Å²) in [5.41, 5.74) is -0.371. The first-order valence-corrected chi connectivity index (χ1v) is 6.99. The number of hydrogen-bond donors (Lipinski definition) is 1. The van der Waals surface area contributed by atoms with Gasteiger partial charge in [0.15, 0.2) is 0 Å². The van der Waals surface area contributed by atoms with Crippen molar-refractivity contribution in [3.63, 3.8) is 0 Å². The predicted molar refractivity (Wildman–Crippen MR) is 66.6 cm³/mol. The summed E-state index contributed by atoms with van der Waals surface area (Å²) in [4.78, 5) is 25.2. The average Bonchev–Trinajstić information content (AvgIpc) is 3.01. The van der Waals surface area contributed by atoms with E-state index in [0.29, 0.717) is 38.6 Å². The third-order valence-corrected chi connectivity index (χ3v) is 4.38. The van der Waals surface area contributed by atoms with Gasteiger partial charge in [0.1, 0.15) is 5.60 Å². The summed E-state index contributed by atoms with van der Waals surface area (Å²) in [6.45, 7) is 3.43. The molecule has 1 N–H and O–H groups in total. The van der Waals surface area contributed by atoms with E-state index in [0.717, 1.165) is 25.9 Å². The number of amides is 2. The summed E-state index contributed by atoms with van der Waals surface area (Å²) in [7, 11) is 0. The molecule has 3 heterocycles. The number of likely N-dealkylation sites (tertiary alicyclic amines) is 1. The Morgan fingerprint density at radius 3 is 2.79 bits per heavy atom. The first-order valence-electron chi connectivity index (χ1n) is 6.99. The summed E-state index contributed by atoms with van der Waals surface area (Å²) >= 11 is 0. The monoisotopic (exact) mass is 268 g/mol. The highest BCUT2D eigenvalue weighted by atomic mass is 16.6. The van der Waals surface area contributed by atoms with E-state index in [1.807, 2.05) is 4.90 Å². The summed E-state index contributed by atoms with van der Waals surface area (Å²) in [5, 5.41) is 2.70. The molecule has 6 nitrogen and oxygen atoms in total. The SMILES string of the molecule is O=C1NCC2(CCN(C(=O)CC3CCOC3)CC2)O1. The predicted octanol–water partition coefficient (Wildman–Crippen LogP) is 0.514. The minimum Gasteiger partial charge on any atom is -0.441 e. The van der Waals surface area contributed by atoms with Gasteiger partial charge in [-0.1, -0.05) is 0 Å². The van der Waals surface area contributed by atoms with Crippen molar-refractivity contribution in [1.82, 2.24) is 10.2 Å². The Kier molecular flexibility index (Phi) is 3.35. The van der Waals surface area contributed by atoms with Crippen molar-refractivity contribution in [1.29, 1.82) is 0 Å². The van der Waals surface area contributed by atoms with E-state index in [-0.39, 0.29) is 17.6 Å². The van der Waals surface area contributed by atoms with E-state index in [2.05, 4.69) is 5.32 Å². The second-order valence-electron chi connectivity index (χ2n) is 5.74. The molecule has 0 bridgehead atoms. The van der Waals surface area contributed by atoms with Crippen molar-refractivity contribution in [2.75, 3.05) is 32.8 Å². The molecule has 1 spiro atoms. The van der Waals surface area contributed by atoms with Crippen molar-refractivity contribution in [3.8, 4) is 0 Å². The lowest BCUT2D eigenvalue weighted by molar-refractivity contribution is -0.135. The van der Waals surface area contributed by atoms with Gasteiger partial charge >= 0.3 is 6.09 Å². The molecule has 3 fully saturated rings. The normalized spacial score (nSPS) is 29.4. The fraction of sp³-hybridized carbons (Fsp3) is 0.846. The highest BCUT2D eigenvalue weighted by molar-refractivity contribution is 5.76. The number of hydrogen-bond acceptors (Lipinski definition) is 4. The molecule has 19 heavy (non-hydrogen) atoms. The molecular formula is C13H20N2O4. The molecular weight excluding hydrogens is 248 g/mol. The number of carbonyl (C=O) groups is 2. The zero-order valence-electron chi connectivity index (χ0n) is 11.0. The summed E-state index contributed by atoms with van der Waals surface area (Å²) in [5.74, 6) is 0.594. The maximum absolute atomic E-state index is 12.2. The lowest BCUT2D eigenvalue weighted by Crippen LogP contribution is -2.48. The van der Waals surface area contributed by atoms with Gasteiger partial charge in [-0.05, 0) is 12.3 Å². The molecule has 0 aromatic heterocycles. The van der Waals surface area contributed by atoms with E-state index in [9.17, 15) is 9.59 Å². The molecule has 0 radical (unpaired) electrons. The Balaban J connectivity index is 1.49. The maximum atomic E-state index is 12.2. The molecule has 3 rings (SSSR count). The minimum absolute atomic E-state index is 0.211. The first-order chi connectivity index (χ1) is 9.17. The molecule has 1 unspecified atom stereocenters. The van der Waals surface area contributed by atoms with Crippen molar-refractivity contribution in [2.24, 2.45) is 5.92 Å². The standard InChI is InChI=1S/C13H20N2O4/c16-11(7-10-1-6-18-8-10)15-4-2-13(3-5-15)9-14-12(17)19-13/h10H,1-9H2,(H,14,17). The van der Waals surface area contributed by atoms with Gasteiger partial charge in [-0.3, -0.25) is 4.79 Å². The van der Waals surface area contributed by atoms with Gasteiger partial charge in [0, 0.05) is 45.6 Å². The number of nitrogens with one attached hydrogen (secondary N) is 1.